The molecule has 1 aliphatic heterocycles. The fourth-order valence-corrected chi connectivity index (χ4v) is 2.76. The van der Waals surface area contributed by atoms with Gasteiger partial charge < -0.3 is 21.7 Å². The molecule has 6 nitrogen and oxygen atoms in total. The topological polar surface area (TPSA) is 91.5 Å². The number of hydrogen-bond donors (Lipinski definition) is 4. The number of nitrogens with two attached hydrogens (primary N) is 1. The molecule has 0 aromatic heterocycles. The van der Waals surface area contributed by atoms with E-state index >= 15 is 0 Å². The maximum absolute atomic E-state index is 14.6. The first-order valence-corrected chi connectivity index (χ1v) is 8.20. The van der Waals surface area contributed by atoms with Crippen molar-refractivity contribution in [3.05, 3.63) is 54.0 Å². The second kappa shape index (κ2) is 7.69. The number of allylic oxidation sites excluding steroid dienone is 1. The summed E-state index contributed by atoms with van der Waals surface area (Å²) < 4.78 is 14.6. The van der Waals surface area contributed by atoms with Gasteiger partial charge in [-0.15, -0.1) is 0 Å². The Kier molecular flexibility index (Phi) is 5.17. The molecule has 1 amide bonds. The van der Waals surface area contributed by atoms with Crippen molar-refractivity contribution < 1.29 is 9.18 Å². The summed E-state index contributed by atoms with van der Waals surface area (Å²) in [7, 11) is 1.63. The van der Waals surface area contributed by atoms with Crippen molar-refractivity contribution in [3.8, 4) is 0 Å². The molecule has 0 atom stereocenters. The molecule has 1 heterocycles. The molecular weight excluding hydrogens is 333 g/mol. The van der Waals surface area contributed by atoms with Gasteiger partial charge in [0.2, 0.25) is 5.91 Å². The van der Waals surface area contributed by atoms with Crippen molar-refractivity contribution in [2.75, 3.05) is 29.5 Å². The van der Waals surface area contributed by atoms with Gasteiger partial charge in [0.15, 0.2) is 0 Å². The van der Waals surface area contributed by atoms with Crippen LogP contribution in [0.25, 0.3) is 5.57 Å². The fraction of sp³-hybridized carbons (Fsp3) is 0.158. The van der Waals surface area contributed by atoms with Crippen LogP contribution >= 0.6 is 0 Å². The predicted octanol–water partition coefficient (Wildman–Crippen LogP) is 3.32. The maximum Gasteiger partial charge on any atom is 0.226 e. The van der Waals surface area contributed by atoms with Crippen LogP contribution < -0.4 is 21.7 Å². The lowest BCUT2D eigenvalue weighted by Gasteiger charge is -2.16. The number of para-hydroxylation sites is 1. The van der Waals surface area contributed by atoms with E-state index in [2.05, 4.69) is 20.9 Å². The Morgan fingerprint density at radius 3 is 2.88 bits per heavy atom. The predicted molar refractivity (Wildman–Crippen MR) is 104 cm³/mol. The van der Waals surface area contributed by atoms with E-state index < -0.39 is 5.82 Å². The minimum Gasteiger partial charge on any atom is -0.404 e. The van der Waals surface area contributed by atoms with Crippen molar-refractivity contribution >= 4 is 40.4 Å². The third-order valence-electron chi connectivity index (χ3n) is 4.01. The monoisotopic (exact) mass is 353 g/mol. The Morgan fingerprint density at radius 2 is 2.15 bits per heavy atom. The Labute approximate surface area is 151 Å². The number of anilines is 4. The van der Waals surface area contributed by atoms with Gasteiger partial charge in [0.25, 0.3) is 0 Å². The second-order valence-corrected chi connectivity index (χ2v) is 5.78. The van der Waals surface area contributed by atoms with Gasteiger partial charge in [0, 0.05) is 38.0 Å². The zero-order chi connectivity index (χ0) is 18.5. The first kappa shape index (κ1) is 17.5. The van der Waals surface area contributed by atoms with Crippen LogP contribution in [0.3, 0.4) is 0 Å². The van der Waals surface area contributed by atoms with Gasteiger partial charge in [0.1, 0.15) is 5.82 Å². The zero-order valence-electron chi connectivity index (χ0n) is 14.3. The van der Waals surface area contributed by atoms with Crippen LogP contribution in [0.2, 0.25) is 0 Å². The van der Waals surface area contributed by atoms with E-state index in [4.69, 9.17) is 5.73 Å². The molecule has 0 saturated carbocycles. The quantitative estimate of drug-likeness (QED) is 0.635. The number of hydrogen-bond acceptors (Lipinski definition) is 5. The van der Waals surface area contributed by atoms with Crippen LogP contribution in [0.4, 0.5) is 27.1 Å². The van der Waals surface area contributed by atoms with Crippen LogP contribution in [0.5, 0.6) is 0 Å². The summed E-state index contributed by atoms with van der Waals surface area (Å²) in [6.07, 6.45) is 3.34. The smallest absolute Gasteiger partial charge is 0.226 e. The van der Waals surface area contributed by atoms with E-state index in [0.717, 1.165) is 5.69 Å². The third-order valence-corrected chi connectivity index (χ3v) is 4.01. The number of fused-ring (bicyclic) bond motifs is 1. The molecule has 0 fully saturated rings. The lowest BCUT2D eigenvalue weighted by Crippen LogP contribution is -2.10. The summed E-state index contributed by atoms with van der Waals surface area (Å²) in [6.45, 7) is 0.514. The van der Waals surface area contributed by atoms with Crippen LogP contribution in [0.15, 0.2) is 47.6 Å². The molecule has 1 aliphatic rings. The van der Waals surface area contributed by atoms with Crippen LogP contribution in [0.1, 0.15) is 12.0 Å². The molecule has 0 aliphatic carbocycles. The van der Waals surface area contributed by atoms with E-state index in [1.165, 1.54) is 12.3 Å². The van der Waals surface area contributed by atoms with E-state index in [1.807, 2.05) is 6.07 Å². The van der Waals surface area contributed by atoms with Gasteiger partial charge in [-0.3, -0.25) is 9.79 Å². The normalized spacial score (nSPS) is 14.4. The van der Waals surface area contributed by atoms with Crippen LogP contribution in [-0.2, 0) is 4.79 Å². The molecule has 3 rings (SSSR count). The van der Waals surface area contributed by atoms with Gasteiger partial charge in [-0.05, 0) is 29.8 Å². The van der Waals surface area contributed by atoms with Crippen molar-refractivity contribution in [2.24, 2.45) is 10.7 Å². The summed E-state index contributed by atoms with van der Waals surface area (Å²) in [5, 5.41) is 9.13. The number of aliphatic imine (C=N–C) groups is 1. The van der Waals surface area contributed by atoms with Gasteiger partial charge in [0.05, 0.1) is 22.7 Å². The number of amides is 1. The third kappa shape index (κ3) is 3.66. The fourth-order valence-electron chi connectivity index (χ4n) is 2.76. The summed E-state index contributed by atoms with van der Waals surface area (Å²) >= 11 is 0. The largest absolute Gasteiger partial charge is 0.404 e. The molecule has 7 heteroatoms. The summed E-state index contributed by atoms with van der Waals surface area (Å²) in [5.74, 6) is -0.468. The highest BCUT2D eigenvalue weighted by Gasteiger charge is 2.16. The molecule has 26 heavy (non-hydrogen) atoms. The van der Waals surface area contributed by atoms with Crippen molar-refractivity contribution in [3.63, 3.8) is 0 Å². The number of nitrogens with zero attached hydrogens (tertiary/aromatic N) is 1. The van der Waals surface area contributed by atoms with Crippen LogP contribution in [0, 0.1) is 5.82 Å². The van der Waals surface area contributed by atoms with Gasteiger partial charge in [-0.1, -0.05) is 12.1 Å². The molecule has 5 N–H and O–H groups in total. The van der Waals surface area contributed by atoms with E-state index in [9.17, 15) is 9.18 Å². The lowest BCUT2D eigenvalue weighted by molar-refractivity contribution is -0.115. The van der Waals surface area contributed by atoms with Gasteiger partial charge in [-0.2, -0.15) is 0 Å². The standard InChI is InChI=1S/C19H20FN5O/c1-22-11-13(10-21)12-5-6-15(14(20)9-12)24-16-3-2-4-17-19(16)23-8-7-18(26)25-17/h2-6,9-11,23-24H,7-8,21H2,1H3,(H,25,26). The molecular formula is C19H20FN5O. The molecule has 0 spiro atoms. The van der Waals surface area contributed by atoms with Gasteiger partial charge >= 0.3 is 0 Å². The maximum atomic E-state index is 14.6. The SMILES string of the molecule is CN=CC(=CN)c1ccc(Nc2cccc3c2NCCC(=O)N3)c(F)c1. The molecule has 0 bridgehead atoms. The molecule has 134 valence electrons. The number of nitrogens with one attached hydrogen (secondary N) is 3. The Hall–Kier alpha value is -3.35. The van der Waals surface area contributed by atoms with E-state index in [1.54, 1.807) is 37.5 Å². The molecule has 2 aromatic rings. The number of rotatable bonds is 4. The number of carbonyl (C=O) groups excluding carboxylic acids is 1. The first-order chi connectivity index (χ1) is 12.6. The second-order valence-electron chi connectivity index (χ2n) is 5.78. The highest BCUT2D eigenvalue weighted by Crippen LogP contribution is 2.35. The number of carbonyl (C=O) groups is 1. The first-order valence-electron chi connectivity index (χ1n) is 8.20. The van der Waals surface area contributed by atoms with Gasteiger partial charge in [-0.25, -0.2) is 4.39 Å². The van der Waals surface area contributed by atoms with Crippen molar-refractivity contribution in [2.45, 2.75) is 6.42 Å². The molecule has 0 unspecified atom stereocenters. The Balaban J connectivity index is 1.91. The average molecular weight is 353 g/mol. The average Bonchev–Trinajstić information content (AvgIpc) is 2.82. The van der Waals surface area contributed by atoms with E-state index in [-0.39, 0.29) is 5.91 Å². The van der Waals surface area contributed by atoms with E-state index in [0.29, 0.717) is 41.2 Å². The Morgan fingerprint density at radius 1 is 1.31 bits per heavy atom. The lowest BCUT2D eigenvalue weighted by atomic mass is 10.1. The highest BCUT2D eigenvalue weighted by molar-refractivity contribution is 6.09. The summed E-state index contributed by atoms with van der Waals surface area (Å²) in [5.41, 5.74) is 9.26. The minimum atomic E-state index is -0.415. The van der Waals surface area contributed by atoms with Crippen molar-refractivity contribution in [1.29, 1.82) is 0 Å². The highest BCUT2D eigenvalue weighted by atomic mass is 19.1. The number of halogens is 1. The Bertz CT molecular complexity index is 891. The van der Waals surface area contributed by atoms with Crippen molar-refractivity contribution in [1.82, 2.24) is 0 Å². The molecule has 0 saturated heterocycles. The molecule has 0 radical (unpaired) electrons. The molecule has 2 aromatic carbocycles. The van der Waals surface area contributed by atoms with Crippen LogP contribution in [-0.4, -0.2) is 25.7 Å². The summed E-state index contributed by atoms with van der Waals surface area (Å²) in [6, 6.07) is 10.2. The zero-order valence-corrected chi connectivity index (χ0v) is 14.3. The summed E-state index contributed by atoms with van der Waals surface area (Å²) in [4.78, 5) is 15.6. The minimum absolute atomic E-state index is 0.0531. The number of benzene rings is 2.